The number of rotatable bonds is 5. The summed E-state index contributed by atoms with van der Waals surface area (Å²) in [5.74, 6) is 0.231. The number of hydrogen-bond acceptors (Lipinski definition) is 5. The van der Waals surface area contributed by atoms with Crippen molar-refractivity contribution in [2.45, 2.75) is 19.4 Å². The zero-order valence-electron chi connectivity index (χ0n) is 10.2. The lowest BCUT2D eigenvalue weighted by Gasteiger charge is -2.20. The summed E-state index contributed by atoms with van der Waals surface area (Å²) in [4.78, 5) is 10.5. The molecule has 0 heterocycles. The van der Waals surface area contributed by atoms with Crippen molar-refractivity contribution in [3.63, 3.8) is 0 Å². The summed E-state index contributed by atoms with van der Waals surface area (Å²) in [6, 6.07) is 4.88. The molecule has 0 aliphatic heterocycles. The van der Waals surface area contributed by atoms with Gasteiger partial charge in [-0.15, -0.1) is 0 Å². The van der Waals surface area contributed by atoms with E-state index in [2.05, 4.69) is 5.32 Å². The molecule has 94 valence electrons. The predicted molar refractivity (Wildman–Crippen MR) is 66.4 cm³/mol. The van der Waals surface area contributed by atoms with Gasteiger partial charge in [0.15, 0.2) is 5.75 Å². The molecule has 1 aromatic carbocycles. The minimum Gasteiger partial charge on any atom is -0.490 e. The third kappa shape index (κ3) is 3.60. The van der Waals surface area contributed by atoms with Gasteiger partial charge >= 0.3 is 5.69 Å². The number of benzene rings is 1. The van der Waals surface area contributed by atoms with Crippen LogP contribution in [0.2, 0.25) is 0 Å². The van der Waals surface area contributed by atoms with E-state index in [1.165, 1.54) is 7.11 Å². The highest BCUT2D eigenvalue weighted by atomic mass is 16.6. The van der Waals surface area contributed by atoms with E-state index in [9.17, 15) is 10.1 Å². The van der Waals surface area contributed by atoms with Gasteiger partial charge in [0.25, 0.3) is 0 Å². The van der Waals surface area contributed by atoms with Crippen LogP contribution in [0.25, 0.3) is 0 Å². The first-order valence-corrected chi connectivity index (χ1v) is 5.19. The number of para-hydroxylation sites is 1. The normalized spacial score (nSPS) is 11.1. The molecule has 17 heavy (non-hydrogen) atoms. The second kappa shape index (κ2) is 5.01. The first-order chi connectivity index (χ1) is 7.85. The van der Waals surface area contributed by atoms with E-state index < -0.39 is 10.5 Å². The van der Waals surface area contributed by atoms with E-state index in [1.54, 1.807) is 18.2 Å². The molecule has 0 radical (unpaired) electrons. The molecule has 6 nitrogen and oxygen atoms in total. The fourth-order valence-corrected chi connectivity index (χ4v) is 1.34. The lowest BCUT2D eigenvalue weighted by atomic mass is 10.1. The first kappa shape index (κ1) is 13.2. The Morgan fingerprint density at radius 3 is 2.65 bits per heavy atom. The molecule has 1 aromatic rings. The van der Waals surface area contributed by atoms with Gasteiger partial charge < -0.3 is 15.8 Å². The van der Waals surface area contributed by atoms with Crippen LogP contribution < -0.4 is 15.8 Å². The Hall–Kier alpha value is -1.82. The zero-order valence-corrected chi connectivity index (χ0v) is 10.2. The number of nitro benzene ring substituents is 1. The van der Waals surface area contributed by atoms with Crippen LogP contribution in [-0.2, 0) is 0 Å². The minimum absolute atomic E-state index is 0.0701. The first-order valence-electron chi connectivity index (χ1n) is 5.19. The van der Waals surface area contributed by atoms with Crippen LogP contribution in [-0.4, -0.2) is 24.1 Å². The van der Waals surface area contributed by atoms with Gasteiger partial charge in [0.1, 0.15) is 5.69 Å². The lowest BCUT2D eigenvalue weighted by Crippen LogP contribution is -2.39. The van der Waals surface area contributed by atoms with E-state index in [-0.39, 0.29) is 11.4 Å². The Bertz CT molecular complexity index is 413. The smallest absolute Gasteiger partial charge is 0.333 e. The number of nitrogens with one attached hydrogen (secondary N) is 1. The molecule has 0 spiro atoms. The van der Waals surface area contributed by atoms with Crippen LogP contribution >= 0.6 is 0 Å². The molecule has 6 heteroatoms. The van der Waals surface area contributed by atoms with Crippen LogP contribution in [0, 0.1) is 10.1 Å². The molecule has 0 amide bonds. The topological polar surface area (TPSA) is 90.4 Å². The van der Waals surface area contributed by atoms with Crippen molar-refractivity contribution in [2.24, 2.45) is 5.73 Å². The minimum atomic E-state index is -0.468. The second-order valence-electron chi connectivity index (χ2n) is 4.46. The molecule has 0 unspecified atom stereocenters. The lowest BCUT2D eigenvalue weighted by molar-refractivity contribution is -0.384. The Kier molecular flexibility index (Phi) is 3.90. The fourth-order valence-electron chi connectivity index (χ4n) is 1.34. The van der Waals surface area contributed by atoms with Crippen molar-refractivity contribution in [3.05, 3.63) is 28.3 Å². The number of methoxy groups -OCH3 is 1. The molecule has 1 rings (SSSR count). The molecule has 3 N–H and O–H groups in total. The third-order valence-corrected chi connectivity index (χ3v) is 2.14. The number of nitro groups is 1. The van der Waals surface area contributed by atoms with Gasteiger partial charge in [0, 0.05) is 12.1 Å². The average Bonchev–Trinajstić information content (AvgIpc) is 2.24. The number of nitrogens with two attached hydrogens (primary N) is 1. The summed E-state index contributed by atoms with van der Waals surface area (Å²) in [5, 5.41) is 13.9. The van der Waals surface area contributed by atoms with Crippen molar-refractivity contribution in [2.75, 3.05) is 19.0 Å². The van der Waals surface area contributed by atoms with Gasteiger partial charge in [-0.05, 0) is 26.0 Å². The van der Waals surface area contributed by atoms with E-state index in [4.69, 9.17) is 10.5 Å². The summed E-state index contributed by atoms with van der Waals surface area (Å²) in [6.07, 6.45) is 0. The molecule has 0 aliphatic rings. The van der Waals surface area contributed by atoms with Crippen molar-refractivity contribution in [3.8, 4) is 5.75 Å². The largest absolute Gasteiger partial charge is 0.490 e. The highest BCUT2D eigenvalue weighted by molar-refractivity contribution is 5.68. The molecule has 0 saturated heterocycles. The Morgan fingerprint density at radius 2 is 2.18 bits per heavy atom. The van der Waals surface area contributed by atoms with Gasteiger partial charge in [0.2, 0.25) is 0 Å². The summed E-state index contributed by atoms with van der Waals surface area (Å²) >= 11 is 0. The van der Waals surface area contributed by atoms with Gasteiger partial charge in [-0.25, -0.2) is 0 Å². The Morgan fingerprint density at radius 1 is 1.53 bits per heavy atom. The van der Waals surface area contributed by atoms with E-state index in [0.717, 1.165) is 0 Å². The molecular weight excluding hydrogens is 222 g/mol. The molecule has 0 aromatic heterocycles. The predicted octanol–water partition coefficient (Wildman–Crippen LogP) is 1.75. The highest BCUT2D eigenvalue weighted by Gasteiger charge is 2.21. The monoisotopic (exact) mass is 239 g/mol. The van der Waals surface area contributed by atoms with Crippen molar-refractivity contribution >= 4 is 11.4 Å². The van der Waals surface area contributed by atoms with Gasteiger partial charge in [-0.1, -0.05) is 6.07 Å². The van der Waals surface area contributed by atoms with Gasteiger partial charge in [0.05, 0.1) is 12.0 Å². The number of anilines is 1. The number of ether oxygens (including phenoxy) is 1. The molecule has 0 bridgehead atoms. The van der Waals surface area contributed by atoms with Crippen LogP contribution in [0.4, 0.5) is 11.4 Å². The maximum Gasteiger partial charge on any atom is 0.333 e. The van der Waals surface area contributed by atoms with Gasteiger partial charge in [-0.3, -0.25) is 10.1 Å². The number of hydrogen-bond donors (Lipinski definition) is 2. The van der Waals surface area contributed by atoms with Crippen molar-refractivity contribution < 1.29 is 9.66 Å². The second-order valence-corrected chi connectivity index (χ2v) is 4.46. The molecule has 0 saturated carbocycles. The van der Waals surface area contributed by atoms with Crippen LogP contribution in [0.1, 0.15) is 13.8 Å². The molecule has 0 fully saturated rings. The number of nitrogens with zero attached hydrogens (tertiary/aromatic N) is 1. The van der Waals surface area contributed by atoms with E-state index in [0.29, 0.717) is 12.2 Å². The fraction of sp³-hybridized carbons (Fsp3) is 0.455. The summed E-state index contributed by atoms with van der Waals surface area (Å²) in [5.41, 5.74) is 5.71. The standard InChI is InChI=1S/C11H17N3O3/c1-11(2,12)7-13-8-5-4-6-9(17-3)10(8)14(15)16/h4-6,13H,7,12H2,1-3H3. The van der Waals surface area contributed by atoms with E-state index >= 15 is 0 Å². The van der Waals surface area contributed by atoms with Gasteiger partial charge in [-0.2, -0.15) is 0 Å². The SMILES string of the molecule is COc1cccc(NCC(C)(C)N)c1[N+](=O)[O-]. The molecule has 0 atom stereocenters. The van der Waals surface area contributed by atoms with Crippen molar-refractivity contribution in [1.29, 1.82) is 0 Å². The molecule has 0 aliphatic carbocycles. The molecular formula is C11H17N3O3. The summed E-state index contributed by atoms with van der Waals surface area (Å²) in [7, 11) is 1.40. The summed E-state index contributed by atoms with van der Waals surface area (Å²) in [6.45, 7) is 4.11. The maximum absolute atomic E-state index is 11.0. The van der Waals surface area contributed by atoms with Crippen LogP contribution in [0.15, 0.2) is 18.2 Å². The third-order valence-electron chi connectivity index (χ3n) is 2.14. The maximum atomic E-state index is 11.0. The Balaban J connectivity index is 3.02. The van der Waals surface area contributed by atoms with Crippen molar-refractivity contribution in [1.82, 2.24) is 0 Å². The van der Waals surface area contributed by atoms with Crippen LogP contribution in [0.5, 0.6) is 5.75 Å². The quantitative estimate of drug-likeness (QED) is 0.603. The zero-order chi connectivity index (χ0) is 13.1. The van der Waals surface area contributed by atoms with E-state index in [1.807, 2.05) is 13.8 Å². The summed E-state index contributed by atoms with van der Waals surface area (Å²) < 4.78 is 4.97. The Labute approximate surface area is 99.9 Å². The average molecular weight is 239 g/mol. The highest BCUT2D eigenvalue weighted by Crippen LogP contribution is 2.34. The van der Waals surface area contributed by atoms with Crippen LogP contribution in [0.3, 0.4) is 0 Å².